The van der Waals surface area contributed by atoms with Crippen molar-refractivity contribution in [1.82, 2.24) is 4.57 Å². The summed E-state index contributed by atoms with van der Waals surface area (Å²) in [5.74, 6) is -0.794. The Balaban J connectivity index is 2.20. The van der Waals surface area contributed by atoms with Gasteiger partial charge in [-0.3, -0.25) is 19.7 Å². The number of aromatic nitrogens is 1. The number of methoxy groups -OCH3 is 1. The zero-order valence-electron chi connectivity index (χ0n) is 13.3. The molecule has 0 spiro atoms. The largest absolute Gasteiger partial charge is 0.468 e. The maximum atomic E-state index is 12.5. The molecule has 0 amide bonds. The van der Waals surface area contributed by atoms with Crippen molar-refractivity contribution in [1.29, 1.82) is 0 Å². The number of hydrogen-bond acceptors (Lipinski definition) is 6. The van der Waals surface area contributed by atoms with Gasteiger partial charge >= 0.3 is 5.97 Å². The molecule has 2 aromatic rings. The van der Waals surface area contributed by atoms with Crippen LogP contribution in [-0.4, -0.2) is 34.4 Å². The monoisotopic (exact) mass is 331 g/mol. The van der Waals surface area contributed by atoms with Gasteiger partial charge in [-0.1, -0.05) is 0 Å². The molecule has 0 saturated carbocycles. The second-order valence-corrected chi connectivity index (χ2v) is 5.30. The third-order valence-corrected chi connectivity index (χ3v) is 3.64. The van der Waals surface area contributed by atoms with Crippen molar-refractivity contribution >= 4 is 17.4 Å². The van der Waals surface area contributed by atoms with Crippen molar-refractivity contribution in [2.45, 2.75) is 12.5 Å². The van der Waals surface area contributed by atoms with Gasteiger partial charge in [0, 0.05) is 48.6 Å². The van der Waals surface area contributed by atoms with Gasteiger partial charge < -0.3 is 15.0 Å². The zero-order chi connectivity index (χ0) is 17.9. The quantitative estimate of drug-likeness (QED) is 0.368. The average Bonchev–Trinajstić information content (AvgIpc) is 2.94. The molecule has 0 aliphatic heterocycles. The van der Waals surface area contributed by atoms with E-state index in [0.29, 0.717) is 16.8 Å². The first-order chi connectivity index (χ1) is 11.3. The first-order valence-electron chi connectivity index (χ1n) is 7.11. The lowest BCUT2D eigenvalue weighted by Gasteiger charge is -2.09. The van der Waals surface area contributed by atoms with Crippen LogP contribution in [-0.2, 0) is 23.0 Å². The normalized spacial score (nSPS) is 11.8. The fraction of sp³-hybridized carbons (Fsp3) is 0.250. The van der Waals surface area contributed by atoms with Crippen LogP contribution in [0.15, 0.2) is 36.5 Å². The summed E-state index contributed by atoms with van der Waals surface area (Å²) < 4.78 is 6.29. The Kier molecular flexibility index (Phi) is 5.10. The number of esters is 1. The minimum Gasteiger partial charge on any atom is -0.468 e. The number of hydrogen-bond donors (Lipinski definition) is 1. The Hall–Kier alpha value is -3.00. The molecular formula is C16H17N3O5. The molecule has 1 atom stereocenters. The molecule has 0 radical (unpaired) electrons. The lowest BCUT2D eigenvalue weighted by Crippen LogP contribution is -2.34. The number of ketones is 1. The summed E-state index contributed by atoms with van der Waals surface area (Å²) in [5, 5.41) is 10.7. The minimum atomic E-state index is -0.814. The minimum absolute atomic E-state index is 0.0793. The van der Waals surface area contributed by atoms with Gasteiger partial charge in [0.1, 0.15) is 6.04 Å². The first-order valence-corrected chi connectivity index (χ1v) is 7.11. The van der Waals surface area contributed by atoms with Crippen LogP contribution in [0.2, 0.25) is 0 Å². The standard InChI is InChI=1S/C16H17N3O5/c1-18-9-11(7-13(18)8-14(17)16(21)24-2)15(20)10-3-5-12(6-4-10)19(22)23/h3-7,9,14H,8,17H2,1-2H3. The predicted molar refractivity (Wildman–Crippen MR) is 85.6 cm³/mol. The predicted octanol–water partition coefficient (Wildman–Crippen LogP) is 1.21. The second-order valence-electron chi connectivity index (χ2n) is 5.30. The molecule has 0 aliphatic rings. The van der Waals surface area contributed by atoms with Gasteiger partial charge in [0.25, 0.3) is 5.69 Å². The van der Waals surface area contributed by atoms with Gasteiger partial charge in [0.2, 0.25) is 0 Å². The molecule has 0 saturated heterocycles. The number of nitrogens with zero attached hydrogens (tertiary/aromatic N) is 2. The Morgan fingerprint density at radius 1 is 1.29 bits per heavy atom. The molecule has 8 heteroatoms. The zero-order valence-corrected chi connectivity index (χ0v) is 13.3. The number of ether oxygens (including phenoxy) is 1. The van der Waals surface area contributed by atoms with Crippen molar-refractivity contribution in [3.63, 3.8) is 0 Å². The lowest BCUT2D eigenvalue weighted by molar-refractivity contribution is -0.384. The number of nitro groups is 1. The van der Waals surface area contributed by atoms with Crippen LogP contribution in [0.5, 0.6) is 0 Å². The summed E-state index contributed by atoms with van der Waals surface area (Å²) in [6.45, 7) is 0. The topological polar surface area (TPSA) is 117 Å². The maximum absolute atomic E-state index is 12.5. The summed E-state index contributed by atoms with van der Waals surface area (Å²) in [5.41, 5.74) is 7.12. The highest BCUT2D eigenvalue weighted by molar-refractivity contribution is 6.09. The average molecular weight is 331 g/mol. The molecule has 1 aromatic carbocycles. The van der Waals surface area contributed by atoms with E-state index in [1.165, 1.54) is 31.4 Å². The number of nitrogens with two attached hydrogens (primary N) is 1. The molecule has 0 fully saturated rings. The van der Waals surface area contributed by atoms with Crippen LogP contribution in [0.25, 0.3) is 0 Å². The number of carbonyl (C=O) groups excluding carboxylic acids is 2. The summed E-state index contributed by atoms with van der Waals surface area (Å²) >= 11 is 0. The van der Waals surface area contributed by atoms with E-state index in [0.717, 1.165) is 0 Å². The smallest absolute Gasteiger partial charge is 0.323 e. The Morgan fingerprint density at radius 3 is 2.46 bits per heavy atom. The van der Waals surface area contributed by atoms with Crippen molar-refractivity contribution in [3.05, 3.63) is 63.5 Å². The van der Waals surface area contributed by atoms with Gasteiger partial charge in [-0.15, -0.1) is 0 Å². The van der Waals surface area contributed by atoms with Crippen molar-refractivity contribution in [2.75, 3.05) is 7.11 Å². The van der Waals surface area contributed by atoms with Gasteiger partial charge in [-0.2, -0.15) is 0 Å². The molecule has 1 aromatic heterocycles. The van der Waals surface area contributed by atoms with E-state index in [1.54, 1.807) is 23.9 Å². The highest BCUT2D eigenvalue weighted by Crippen LogP contribution is 2.17. The second kappa shape index (κ2) is 7.05. The van der Waals surface area contributed by atoms with Crippen LogP contribution in [0.3, 0.4) is 0 Å². The van der Waals surface area contributed by atoms with Crippen LogP contribution >= 0.6 is 0 Å². The van der Waals surface area contributed by atoms with Crippen LogP contribution in [0, 0.1) is 10.1 Å². The summed E-state index contributed by atoms with van der Waals surface area (Å²) in [4.78, 5) is 34.0. The van der Waals surface area contributed by atoms with E-state index in [2.05, 4.69) is 4.74 Å². The summed E-state index contributed by atoms with van der Waals surface area (Å²) in [6.07, 6.45) is 1.86. The SMILES string of the molecule is COC(=O)C(N)Cc1cc(C(=O)c2ccc([N+](=O)[O-])cc2)cn1C. The van der Waals surface area contributed by atoms with Gasteiger partial charge in [-0.05, 0) is 18.2 Å². The maximum Gasteiger partial charge on any atom is 0.323 e. The highest BCUT2D eigenvalue weighted by Gasteiger charge is 2.19. The molecule has 0 bridgehead atoms. The molecule has 126 valence electrons. The molecule has 8 nitrogen and oxygen atoms in total. The third-order valence-electron chi connectivity index (χ3n) is 3.64. The van der Waals surface area contributed by atoms with E-state index >= 15 is 0 Å². The van der Waals surface area contributed by atoms with E-state index in [-0.39, 0.29) is 17.9 Å². The van der Waals surface area contributed by atoms with Crippen LogP contribution in [0.1, 0.15) is 21.6 Å². The molecule has 24 heavy (non-hydrogen) atoms. The molecule has 2 rings (SSSR count). The van der Waals surface area contributed by atoms with Crippen molar-refractivity contribution in [2.24, 2.45) is 12.8 Å². The third kappa shape index (κ3) is 3.66. The van der Waals surface area contributed by atoms with Gasteiger partial charge in [0.05, 0.1) is 12.0 Å². The molecule has 2 N–H and O–H groups in total. The van der Waals surface area contributed by atoms with E-state index in [9.17, 15) is 19.7 Å². The number of non-ortho nitro benzene ring substituents is 1. The number of benzene rings is 1. The van der Waals surface area contributed by atoms with Crippen molar-refractivity contribution < 1.29 is 19.2 Å². The Labute approximate surface area is 138 Å². The fourth-order valence-electron chi connectivity index (χ4n) is 2.30. The fourth-order valence-corrected chi connectivity index (χ4v) is 2.30. The van der Waals surface area contributed by atoms with Crippen LogP contribution < -0.4 is 5.73 Å². The van der Waals surface area contributed by atoms with E-state index in [1.807, 2.05) is 0 Å². The number of rotatable bonds is 6. The first kappa shape index (κ1) is 17.4. The van der Waals surface area contributed by atoms with Crippen molar-refractivity contribution in [3.8, 4) is 0 Å². The summed E-state index contributed by atoms with van der Waals surface area (Å²) in [7, 11) is 3.00. The molecule has 0 aliphatic carbocycles. The van der Waals surface area contributed by atoms with E-state index < -0.39 is 16.9 Å². The number of carbonyl (C=O) groups is 2. The number of nitro benzene ring substituents is 1. The molecule has 1 heterocycles. The van der Waals surface area contributed by atoms with Gasteiger partial charge in [0.15, 0.2) is 5.78 Å². The molecular weight excluding hydrogens is 314 g/mol. The number of aryl methyl sites for hydroxylation is 1. The molecule has 1 unspecified atom stereocenters. The highest BCUT2D eigenvalue weighted by atomic mass is 16.6. The van der Waals surface area contributed by atoms with E-state index in [4.69, 9.17) is 5.73 Å². The summed E-state index contributed by atoms with van der Waals surface area (Å²) in [6, 6.07) is 6.22. The lowest BCUT2D eigenvalue weighted by atomic mass is 10.0. The van der Waals surface area contributed by atoms with Crippen LogP contribution in [0.4, 0.5) is 5.69 Å². The Bertz CT molecular complexity index is 780. The van der Waals surface area contributed by atoms with Gasteiger partial charge in [-0.25, -0.2) is 0 Å². The Morgan fingerprint density at radius 2 is 1.92 bits per heavy atom.